The molecule has 0 saturated carbocycles. The van der Waals surface area contributed by atoms with Crippen LogP contribution in [0.15, 0.2) is 41.0 Å². The van der Waals surface area contributed by atoms with Gasteiger partial charge in [-0.3, -0.25) is 4.79 Å². The van der Waals surface area contributed by atoms with E-state index in [0.29, 0.717) is 11.3 Å². The first kappa shape index (κ1) is 15.1. The minimum Gasteiger partial charge on any atom is -0.478 e. The number of rotatable bonds is 6. The van der Waals surface area contributed by atoms with Gasteiger partial charge in [0.05, 0.1) is 11.1 Å². The highest BCUT2D eigenvalue weighted by atomic mass is 32.1. The standard InChI is InChI=1S/C15H15NO4S/c1-10(9-11-3-2-8-20-11)16-15(19)13-6-4-12(21-13)5-7-14(17)18/h2-8,10H,9H2,1H3,(H,16,19)(H,17,18). The lowest BCUT2D eigenvalue weighted by atomic mass is 10.2. The Morgan fingerprint density at radius 1 is 1.43 bits per heavy atom. The molecule has 110 valence electrons. The Kier molecular flexibility index (Phi) is 4.94. The van der Waals surface area contributed by atoms with Crippen molar-refractivity contribution in [2.24, 2.45) is 0 Å². The summed E-state index contributed by atoms with van der Waals surface area (Å²) in [6, 6.07) is 7.02. The maximum absolute atomic E-state index is 12.1. The predicted octanol–water partition coefficient (Wildman–Crippen LogP) is 2.80. The molecule has 0 fully saturated rings. The van der Waals surface area contributed by atoms with Gasteiger partial charge in [-0.25, -0.2) is 4.79 Å². The Hall–Kier alpha value is -2.34. The molecule has 2 rings (SSSR count). The van der Waals surface area contributed by atoms with Gasteiger partial charge in [0.2, 0.25) is 0 Å². The number of carbonyl (C=O) groups excluding carboxylic acids is 1. The summed E-state index contributed by atoms with van der Waals surface area (Å²) >= 11 is 1.25. The van der Waals surface area contributed by atoms with Crippen LogP contribution in [-0.4, -0.2) is 23.0 Å². The van der Waals surface area contributed by atoms with Crippen LogP contribution in [0.1, 0.15) is 27.2 Å². The third kappa shape index (κ3) is 4.61. The molecule has 0 saturated heterocycles. The van der Waals surface area contributed by atoms with Gasteiger partial charge in [-0.05, 0) is 37.3 Å². The van der Waals surface area contributed by atoms with E-state index in [9.17, 15) is 9.59 Å². The Balaban J connectivity index is 1.92. The van der Waals surface area contributed by atoms with E-state index in [0.717, 1.165) is 16.7 Å². The molecule has 0 aliphatic carbocycles. The average molecular weight is 305 g/mol. The number of nitrogens with one attached hydrogen (secondary N) is 1. The number of amides is 1. The number of hydrogen-bond acceptors (Lipinski definition) is 4. The van der Waals surface area contributed by atoms with Crippen molar-refractivity contribution in [2.75, 3.05) is 0 Å². The minimum absolute atomic E-state index is 0.0521. The molecular weight excluding hydrogens is 290 g/mol. The highest BCUT2D eigenvalue weighted by molar-refractivity contribution is 7.14. The lowest BCUT2D eigenvalue weighted by Crippen LogP contribution is -2.33. The van der Waals surface area contributed by atoms with Crippen molar-refractivity contribution in [2.45, 2.75) is 19.4 Å². The van der Waals surface area contributed by atoms with Crippen molar-refractivity contribution in [1.29, 1.82) is 0 Å². The van der Waals surface area contributed by atoms with Crippen LogP contribution in [0.3, 0.4) is 0 Å². The molecule has 2 N–H and O–H groups in total. The molecule has 1 amide bonds. The summed E-state index contributed by atoms with van der Waals surface area (Å²) in [5, 5.41) is 11.4. The zero-order valence-electron chi connectivity index (χ0n) is 11.4. The van der Waals surface area contributed by atoms with Crippen molar-refractivity contribution in [1.82, 2.24) is 5.32 Å². The summed E-state index contributed by atoms with van der Waals surface area (Å²) in [6.07, 6.45) is 4.74. The van der Waals surface area contributed by atoms with Crippen molar-refractivity contribution in [3.05, 3.63) is 52.1 Å². The zero-order chi connectivity index (χ0) is 15.2. The topological polar surface area (TPSA) is 79.5 Å². The molecule has 21 heavy (non-hydrogen) atoms. The third-order valence-corrected chi connectivity index (χ3v) is 3.75. The quantitative estimate of drug-likeness (QED) is 0.804. The van der Waals surface area contributed by atoms with Gasteiger partial charge in [0.15, 0.2) is 0 Å². The molecule has 2 aromatic rings. The number of thiophene rings is 1. The minimum atomic E-state index is -1.01. The predicted molar refractivity (Wildman–Crippen MR) is 80.3 cm³/mol. The monoisotopic (exact) mass is 305 g/mol. The molecule has 1 unspecified atom stereocenters. The van der Waals surface area contributed by atoms with E-state index >= 15 is 0 Å². The summed E-state index contributed by atoms with van der Waals surface area (Å²) in [6.45, 7) is 1.90. The second-order valence-electron chi connectivity index (χ2n) is 4.53. The lowest BCUT2D eigenvalue weighted by Gasteiger charge is -2.11. The number of furan rings is 1. The van der Waals surface area contributed by atoms with Crippen LogP contribution >= 0.6 is 11.3 Å². The first-order valence-corrected chi connectivity index (χ1v) is 7.20. The van der Waals surface area contributed by atoms with Gasteiger partial charge < -0.3 is 14.8 Å². The fourth-order valence-corrected chi connectivity index (χ4v) is 2.61. The number of carboxylic acids is 1. The van der Waals surface area contributed by atoms with E-state index in [1.165, 1.54) is 17.4 Å². The fraction of sp³-hybridized carbons (Fsp3) is 0.200. The SMILES string of the molecule is CC(Cc1ccco1)NC(=O)c1ccc(C=CC(=O)O)s1. The van der Waals surface area contributed by atoms with Gasteiger partial charge in [-0.1, -0.05) is 0 Å². The molecule has 0 aromatic carbocycles. The Bertz CT molecular complexity index is 642. The number of hydrogen-bond donors (Lipinski definition) is 2. The molecule has 6 heteroatoms. The second-order valence-corrected chi connectivity index (χ2v) is 5.65. The molecular formula is C15H15NO4S. The van der Waals surface area contributed by atoms with Gasteiger partial charge >= 0.3 is 5.97 Å². The molecule has 0 spiro atoms. The van der Waals surface area contributed by atoms with Crippen LogP contribution in [0, 0.1) is 0 Å². The van der Waals surface area contributed by atoms with Crippen molar-refractivity contribution in [3.63, 3.8) is 0 Å². The number of carbonyl (C=O) groups is 2. The van der Waals surface area contributed by atoms with Crippen LogP contribution in [0.5, 0.6) is 0 Å². The summed E-state index contributed by atoms with van der Waals surface area (Å²) < 4.78 is 5.24. The molecule has 2 heterocycles. The zero-order valence-corrected chi connectivity index (χ0v) is 12.2. The second kappa shape index (κ2) is 6.90. The highest BCUT2D eigenvalue weighted by Crippen LogP contribution is 2.18. The molecule has 2 aromatic heterocycles. The number of aliphatic carboxylic acids is 1. The van der Waals surface area contributed by atoms with Crippen LogP contribution in [-0.2, 0) is 11.2 Å². The molecule has 0 aliphatic rings. The van der Waals surface area contributed by atoms with E-state index in [4.69, 9.17) is 9.52 Å². The maximum Gasteiger partial charge on any atom is 0.328 e. The molecule has 5 nitrogen and oxygen atoms in total. The summed E-state index contributed by atoms with van der Waals surface area (Å²) in [5.41, 5.74) is 0. The molecule has 0 bridgehead atoms. The maximum atomic E-state index is 12.1. The van der Waals surface area contributed by atoms with Crippen LogP contribution < -0.4 is 5.32 Å². The lowest BCUT2D eigenvalue weighted by molar-refractivity contribution is -0.131. The molecule has 1 atom stereocenters. The summed E-state index contributed by atoms with van der Waals surface area (Å²) in [5.74, 6) is -0.366. The van der Waals surface area contributed by atoms with E-state index in [1.807, 2.05) is 19.1 Å². The fourth-order valence-electron chi connectivity index (χ4n) is 1.79. The highest BCUT2D eigenvalue weighted by Gasteiger charge is 2.13. The van der Waals surface area contributed by atoms with Crippen molar-refractivity contribution >= 4 is 29.3 Å². The Labute approximate surface area is 125 Å². The van der Waals surface area contributed by atoms with Crippen LogP contribution in [0.25, 0.3) is 6.08 Å². The van der Waals surface area contributed by atoms with Crippen molar-refractivity contribution < 1.29 is 19.1 Å². The van der Waals surface area contributed by atoms with Gasteiger partial charge in [-0.15, -0.1) is 11.3 Å². The van der Waals surface area contributed by atoms with E-state index in [1.54, 1.807) is 18.4 Å². The number of carboxylic acid groups (broad SMARTS) is 1. The van der Waals surface area contributed by atoms with E-state index < -0.39 is 5.97 Å². The van der Waals surface area contributed by atoms with Gasteiger partial charge in [-0.2, -0.15) is 0 Å². The summed E-state index contributed by atoms with van der Waals surface area (Å²) in [4.78, 5) is 23.8. The summed E-state index contributed by atoms with van der Waals surface area (Å²) in [7, 11) is 0. The normalized spacial score (nSPS) is 12.4. The van der Waals surface area contributed by atoms with Crippen LogP contribution in [0.2, 0.25) is 0 Å². The average Bonchev–Trinajstić information content (AvgIpc) is 3.06. The molecule has 0 radical (unpaired) electrons. The first-order chi connectivity index (χ1) is 10.0. The molecule has 0 aliphatic heterocycles. The van der Waals surface area contributed by atoms with E-state index in [-0.39, 0.29) is 11.9 Å². The largest absolute Gasteiger partial charge is 0.478 e. The van der Waals surface area contributed by atoms with Crippen molar-refractivity contribution in [3.8, 4) is 0 Å². The Morgan fingerprint density at radius 2 is 2.24 bits per heavy atom. The van der Waals surface area contributed by atoms with Crippen LogP contribution in [0.4, 0.5) is 0 Å². The Morgan fingerprint density at radius 3 is 2.90 bits per heavy atom. The van der Waals surface area contributed by atoms with Gasteiger partial charge in [0, 0.05) is 23.4 Å². The van der Waals surface area contributed by atoms with E-state index in [2.05, 4.69) is 5.32 Å². The first-order valence-electron chi connectivity index (χ1n) is 6.38. The van der Waals surface area contributed by atoms with Gasteiger partial charge in [0.25, 0.3) is 5.91 Å². The van der Waals surface area contributed by atoms with Gasteiger partial charge in [0.1, 0.15) is 5.76 Å². The third-order valence-electron chi connectivity index (χ3n) is 2.71. The smallest absolute Gasteiger partial charge is 0.328 e.